The van der Waals surface area contributed by atoms with Crippen molar-refractivity contribution in [3.8, 4) is 11.5 Å². The summed E-state index contributed by atoms with van der Waals surface area (Å²) in [5, 5.41) is 10.5. The minimum atomic E-state index is -0.793. The summed E-state index contributed by atoms with van der Waals surface area (Å²) in [6.45, 7) is 0.0783. The summed E-state index contributed by atoms with van der Waals surface area (Å²) in [7, 11) is 1.25. The summed E-state index contributed by atoms with van der Waals surface area (Å²) in [5.41, 5.74) is 0.363. The van der Waals surface area contributed by atoms with Crippen LogP contribution in [0.1, 0.15) is 16.8 Å². The molecule has 6 nitrogen and oxygen atoms in total. The number of carbonyl (C=O) groups is 2. The Balaban J connectivity index is 1.75. The van der Waals surface area contributed by atoms with Crippen LogP contribution in [0.25, 0.3) is 0 Å². The molecule has 0 radical (unpaired) electrons. The monoisotopic (exact) mass is 409 g/mol. The van der Waals surface area contributed by atoms with Crippen LogP contribution in [0.15, 0.2) is 42.5 Å². The second kappa shape index (κ2) is 8.17. The summed E-state index contributed by atoms with van der Waals surface area (Å²) in [6.07, 6.45) is -0.599. The molecule has 1 aliphatic rings. The van der Waals surface area contributed by atoms with Crippen LogP contribution in [0.5, 0.6) is 11.5 Å². The van der Waals surface area contributed by atoms with Crippen LogP contribution in [0.2, 0.25) is 10.0 Å². The van der Waals surface area contributed by atoms with Gasteiger partial charge in [-0.05, 0) is 36.4 Å². The van der Waals surface area contributed by atoms with Gasteiger partial charge in [-0.2, -0.15) is 0 Å². The topological polar surface area (TPSA) is 76.1 Å². The first-order valence-electron chi connectivity index (χ1n) is 8.19. The molecule has 3 rings (SSSR count). The van der Waals surface area contributed by atoms with Gasteiger partial charge >= 0.3 is 5.97 Å². The Morgan fingerprint density at radius 3 is 2.52 bits per heavy atom. The highest BCUT2D eigenvalue weighted by atomic mass is 35.5. The van der Waals surface area contributed by atoms with E-state index >= 15 is 0 Å². The molecule has 0 aliphatic carbocycles. The largest absolute Gasteiger partial charge is 0.467 e. The molecule has 0 bridgehead atoms. The molecule has 1 saturated heterocycles. The van der Waals surface area contributed by atoms with E-state index in [0.29, 0.717) is 27.1 Å². The van der Waals surface area contributed by atoms with Crippen molar-refractivity contribution in [3.63, 3.8) is 0 Å². The number of rotatable bonds is 4. The molecule has 1 amide bonds. The highest BCUT2D eigenvalue weighted by Gasteiger charge is 2.39. The summed E-state index contributed by atoms with van der Waals surface area (Å²) in [5.74, 6) is -0.0388. The number of esters is 1. The molecule has 2 aromatic carbocycles. The molecule has 8 heteroatoms. The number of nitrogens with zero attached hydrogens (tertiary/aromatic N) is 1. The van der Waals surface area contributed by atoms with E-state index in [4.69, 9.17) is 32.7 Å². The molecule has 1 aliphatic heterocycles. The van der Waals surface area contributed by atoms with Crippen LogP contribution < -0.4 is 4.74 Å². The first-order chi connectivity index (χ1) is 12.9. The third-order valence-electron chi connectivity index (χ3n) is 4.26. The lowest BCUT2D eigenvalue weighted by atomic mass is 10.1. The van der Waals surface area contributed by atoms with Gasteiger partial charge in [-0.25, -0.2) is 4.79 Å². The van der Waals surface area contributed by atoms with Gasteiger partial charge in [-0.3, -0.25) is 4.79 Å². The van der Waals surface area contributed by atoms with Crippen molar-refractivity contribution in [1.82, 2.24) is 4.90 Å². The number of amides is 1. The molecule has 0 saturated carbocycles. The van der Waals surface area contributed by atoms with Crippen molar-refractivity contribution >= 4 is 35.1 Å². The molecule has 2 aromatic rings. The normalized spacial score (nSPS) is 19.0. The second-order valence-electron chi connectivity index (χ2n) is 6.06. The van der Waals surface area contributed by atoms with E-state index in [1.54, 1.807) is 42.5 Å². The van der Waals surface area contributed by atoms with Gasteiger partial charge < -0.3 is 19.5 Å². The number of halogens is 2. The minimum Gasteiger partial charge on any atom is -0.467 e. The summed E-state index contributed by atoms with van der Waals surface area (Å²) in [4.78, 5) is 25.9. The maximum Gasteiger partial charge on any atom is 0.328 e. The van der Waals surface area contributed by atoms with E-state index in [0.717, 1.165) is 0 Å². The van der Waals surface area contributed by atoms with Crippen molar-refractivity contribution in [2.24, 2.45) is 0 Å². The molecule has 0 unspecified atom stereocenters. The molecule has 2 atom stereocenters. The molecule has 0 spiro atoms. The molecule has 0 aromatic heterocycles. The fraction of sp³-hybridized carbons (Fsp3) is 0.263. The molecular formula is C19H17Cl2NO5. The lowest BCUT2D eigenvalue weighted by molar-refractivity contribution is -0.145. The number of hydrogen-bond acceptors (Lipinski definition) is 5. The fourth-order valence-electron chi connectivity index (χ4n) is 2.92. The van der Waals surface area contributed by atoms with E-state index in [1.165, 1.54) is 12.0 Å². The number of methoxy groups -OCH3 is 1. The lowest BCUT2D eigenvalue weighted by Crippen LogP contribution is -2.41. The Bertz CT molecular complexity index is 856. The first-order valence-corrected chi connectivity index (χ1v) is 8.95. The number of carbonyl (C=O) groups excluding carboxylic acids is 2. The van der Waals surface area contributed by atoms with Gasteiger partial charge in [0.25, 0.3) is 5.91 Å². The number of ether oxygens (including phenoxy) is 2. The average molecular weight is 410 g/mol. The van der Waals surface area contributed by atoms with Gasteiger partial charge in [-0.15, -0.1) is 0 Å². The van der Waals surface area contributed by atoms with Crippen LogP contribution in [-0.2, 0) is 9.53 Å². The average Bonchev–Trinajstić information content (AvgIpc) is 3.06. The van der Waals surface area contributed by atoms with E-state index in [1.807, 2.05) is 0 Å². The van der Waals surface area contributed by atoms with Crippen LogP contribution in [-0.4, -0.2) is 47.7 Å². The smallest absolute Gasteiger partial charge is 0.328 e. The second-order valence-corrected chi connectivity index (χ2v) is 6.85. The number of β-amino-alcohol motifs (C(OH)–C–C–N with tert-alkyl or cyclic N) is 1. The van der Waals surface area contributed by atoms with E-state index in [-0.39, 0.29) is 18.9 Å². The fourth-order valence-corrected chi connectivity index (χ4v) is 3.25. The SMILES string of the molecule is COC(=O)[C@H]1C[C@@H](O)CN1C(=O)c1ccc(Oc2cccc(Cl)c2Cl)cc1. The van der Waals surface area contributed by atoms with Gasteiger partial charge in [0, 0.05) is 18.5 Å². The van der Waals surface area contributed by atoms with E-state index in [9.17, 15) is 14.7 Å². The molecule has 27 heavy (non-hydrogen) atoms. The molecule has 1 N–H and O–H groups in total. The van der Waals surface area contributed by atoms with Gasteiger partial charge in [0.1, 0.15) is 22.6 Å². The standard InChI is InChI=1S/C19H17Cl2NO5/c1-26-19(25)15-9-12(23)10-22(15)18(24)11-5-7-13(8-6-11)27-16-4-2-3-14(20)17(16)21/h2-8,12,15,23H,9-10H2,1H3/t12-,15-/m1/s1. The lowest BCUT2D eigenvalue weighted by Gasteiger charge is -2.22. The van der Waals surface area contributed by atoms with Crippen LogP contribution in [0.3, 0.4) is 0 Å². The summed E-state index contributed by atoms with van der Waals surface area (Å²) in [6, 6.07) is 10.6. The van der Waals surface area contributed by atoms with Gasteiger partial charge in [0.2, 0.25) is 0 Å². The van der Waals surface area contributed by atoms with Crippen molar-refractivity contribution < 1.29 is 24.2 Å². The Hall–Kier alpha value is -2.28. The van der Waals surface area contributed by atoms with Gasteiger partial charge in [0.05, 0.1) is 18.2 Å². The van der Waals surface area contributed by atoms with Crippen LogP contribution in [0.4, 0.5) is 0 Å². The summed E-state index contributed by atoms with van der Waals surface area (Å²) < 4.78 is 10.4. The third kappa shape index (κ3) is 4.18. The maximum absolute atomic E-state index is 12.7. The zero-order chi connectivity index (χ0) is 19.6. The highest BCUT2D eigenvalue weighted by Crippen LogP contribution is 2.34. The van der Waals surface area contributed by atoms with Crippen molar-refractivity contribution in [2.75, 3.05) is 13.7 Å². The number of aliphatic hydroxyl groups is 1. The molecule has 142 valence electrons. The number of hydrogen-bond donors (Lipinski definition) is 1. The Kier molecular flexibility index (Phi) is 5.89. The predicted molar refractivity (Wildman–Crippen MR) is 100 cm³/mol. The van der Waals surface area contributed by atoms with Crippen LogP contribution >= 0.6 is 23.2 Å². The predicted octanol–water partition coefficient (Wildman–Crippen LogP) is 3.53. The van der Waals surface area contributed by atoms with Crippen LogP contribution in [0, 0.1) is 0 Å². The van der Waals surface area contributed by atoms with Crippen molar-refractivity contribution in [1.29, 1.82) is 0 Å². The first kappa shape index (κ1) is 19.5. The Morgan fingerprint density at radius 1 is 1.15 bits per heavy atom. The van der Waals surface area contributed by atoms with E-state index < -0.39 is 18.1 Å². The molecule has 1 heterocycles. The number of likely N-dealkylation sites (tertiary alicyclic amines) is 1. The highest BCUT2D eigenvalue weighted by molar-refractivity contribution is 6.42. The zero-order valence-electron chi connectivity index (χ0n) is 14.4. The third-order valence-corrected chi connectivity index (χ3v) is 5.06. The van der Waals surface area contributed by atoms with Gasteiger partial charge in [0.15, 0.2) is 0 Å². The minimum absolute atomic E-state index is 0.0783. The summed E-state index contributed by atoms with van der Waals surface area (Å²) >= 11 is 12.1. The van der Waals surface area contributed by atoms with Gasteiger partial charge in [-0.1, -0.05) is 29.3 Å². The van der Waals surface area contributed by atoms with Crippen molar-refractivity contribution in [3.05, 3.63) is 58.1 Å². The molecular weight excluding hydrogens is 393 g/mol. The maximum atomic E-state index is 12.7. The quantitative estimate of drug-likeness (QED) is 0.781. The Labute approximate surface area is 166 Å². The number of benzene rings is 2. The molecule has 1 fully saturated rings. The Morgan fingerprint density at radius 2 is 1.85 bits per heavy atom. The van der Waals surface area contributed by atoms with E-state index in [2.05, 4.69) is 0 Å². The zero-order valence-corrected chi connectivity index (χ0v) is 15.9. The number of aliphatic hydroxyl groups excluding tert-OH is 1. The van der Waals surface area contributed by atoms with Crippen molar-refractivity contribution in [2.45, 2.75) is 18.6 Å².